The largest absolute Gasteiger partial charge is 0.444 e. The normalized spacial score (nSPS) is 16.0. The summed E-state index contributed by atoms with van der Waals surface area (Å²) in [7, 11) is 1.87. The van der Waals surface area contributed by atoms with Crippen LogP contribution in [0, 0.1) is 0 Å². The number of nitrogens with zero attached hydrogens (tertiary/aromatic N) is 4. The summed E-state index contributed by atoms with van der Waals surface area (Å²) < 4.78 is 7.15. The molecular formula is C17H28N4O3. The van der Waals surface area contributed by atoms with Crippen LogP contribution in [0.15, 0.2) is 12.4 Å². The highest BCUT2D eigenvalue weighted by Gasteiger charge is 2.25. The zero-order valence-corrected chi connectivity index (χ0v) is 15.1. The molecule has 0 saturated carbocycles. The molecule has 0 aliphatic carbocycles. The molecule has 1 aliphatic heterocycles. The van der Waals surface area contributed by atoms with Crippen molar-refractivity contribution in [3.8, 4) is 0 Å². The summed E-state index contributed by atoms with van der Waals surface area (Å²) in [6, 6.07) is 0. The van der Waals surface area contributed by atoms with Crippen LogP contribution in [0.5, 0.6) is 0 Å². The number of hydrogen-bond acceptors (Lipinski definition) is 4. The summed E-state index contributed by atoms with van der Waals surface area (Å²) in [5.41, 5.74) is 0.568. The lowest BCUT2D eigenvalue weighted by Crippen LogP contribution is -2.40. The van der Waals surface area contributed by atoms with Crippen molar-refractivity contribution in [2.75, 3.05) is 26.2 Å². The van der Waals surface area contributed by atoms with Crippen molar-refractivity contribution in [1.29, 1.82) is 0 Å². The van der Waals surface area contributed by atoms with Crippen molar-refractivity contribution in [3.05, 3.63) is 18.0 Å². The molecule has 1 aromatic heterocycles. The molecule has 0 radical (unpaired) electrons. The zero-order chi connectivity index (χ0) is 17.7. The Labute approximate surface area is 143 Å². The van der Waals surface area contributed by atoms with Crippen molar-refractivity contribution in [1.82, 2.24) is 19.6 Å². The Hall–Kier alpha value is -2.05. The van der Waals surface area contributed by atoms with Gasteiger partial charge in [0.05, 0.1) is 6.20 Å². The summed E-state index contributed by atoms with van der Waals surface area (Å²) in [6.07, 6.45) is 5.36. The second-order valence-electron chi connectivity index (χ2n) is 7.22. The van der Waals surface area contributed by atoms with Gasteiger partial charge in [0.2, 0.25) is 5.91 Å². The van der Waals surface area contributed by atoms with E-state index in [9.17, 15) is 9.59 Å². The molecular weight excluding hydrogens is 308 g/mol. The zero-order valence-electron chi connectivity index (χ0n) is 15.1. The minimum absolute atomic E-state index is 0.130. The highest BCUT2D eigenvalue weighted by atomic mass is 16.6. The van der Waals surface area contributed by atoms with Crippen LogP contribution >= 0.6 is 0 Å². The van der Waals surface area contributed by atoms with Crippen LogP contribution in [0.2, 0.25) is 0 Å². The van der Waals surface area contributed by atoms with Crippen molar-refractivity contribution < 1.29 is 14.3 Å². The van der Waals surface area contributed by atoms with E-state index < -0.39 is 5.60 Å². The Kier molecular flexibility index (Phi) is 5.85. The fraction of sp³-hybridized carbons (Fsp3) is 0.706. The van der Waals surface area contributed by atoms with Gasteiger partial charge in [0.25, 0.3) is 0 Å². The molecule has 0 unspecified atom stereocenters. The van der Waals surface area contributed by atoms with Gasteiger partial charge in [0, 0.05) is 45.8 Å². The SMILES string of the molecule is Cn1cc(CCC(=O)N2CCCN(C(=O)OC(C)(C)C)CC2)cn1. The van der Waals surface area contributed by atoms with E-state index in [0.717, 1.165) is 12.0 Å². The minimum Gasteiger partial charge on any atom is -0.444 e. The van der Waals surface area contributed by atoms with E-state index in [-0.39, 0.29) is 12.0 Å². The first-order chi connectivity index (χ1) is 11.2. The number of amides is 2. The van der Waals surface area contributed by atoms with E-state index in [1.165, 1.54) is 0 Å². The molecule has 7 nitrogen and oxygen atoms in total. The predicted octanol–water partition coefficient (Wildman–Crippen LogP) is 1.82. The van der Waals surface area contributed by atoms with Crippen LogP contribution in [0.3, 0.4) is 0 Å². The summed E-state index contributed by atoms with van der Waals surface area (Å²) in [4.78, 5) is 28.1. The maximum atomic E-state index is 12.4. The van der Waals surface area contributed by atoms with E-state index in [1.54, 1.807) is 15.8 Å². The van der Waals surface area contributed by atoms with Gasteiger partial charge in [-0.25, -0.2) is 4.79 Å². The fourth-order valence-electron chi connectivity index (χ4n) is 2.69. The lowest BCUT2D eigenvalue weighted by atomic mass is 10.2. The van der Waals surface area contributed by atoms with Crippen LogP contribution in [-0.2, 0) is 23.0 Å². The Morgan fingerprint density at radius 1 is 1.17 bits per heavy atom. The average Bonchev–Trinajstić information content (AvgIpc) is 2.74. The van der Waals surface area contributed by atoms with Crippen LogP contribution in [0.25, 0.3) is 0 Å². The molecule has 134 valence electrons. The smallest absolute Gasteiger partial charge is 0.410 e. The number of hydrogen-bond donors (Lipinski definition) is 0. The number of aryl methyl sites for hydroxylation is 2. The van der Waals surface area contributed by atoms with Gasteiger partial charge < -0.3 is 14.5 Å². The Morgan fingerprint density at radius 2 is 1.83 bits per heavy atom. The van der Waals surface area contributed by atoms with Crippen LogP contribution in [0.1, 0.15) is 39.2 Å². The molecule has 1 aromatic rings. The molecule has 0 N–H and O–H groups in total. The van der Waals surface area contributed by atoms with Crippen molar-refractivity contribution in [3.63, 3.8) is 0 Å². The first-order valence-electron chi connectivity index (χ1n) is 8.48. The highest BCUT2D eigenvalue weighted by molar-refractivity contribution is 5.76. The third-order valence-corrected chi connectivity index (χ3v) is 3.89. The highest BCUT2D eigenvalue weighted by Crippen LogP contribution is 2.13. The third-order valence-electron chi connectivity index (χ3n) is 3.89. The summed E-state index contributed by atoms with van der Waals surface area (Å²) >= 11 is 0. The van der Waals surface area contributed by atoms with Crippen molar-refractivity contribution >= 4 is 12.0 Å². The second kappa shape index (κ2) is 7.68. The van der Waals surface area contributed by atoms with Gasteiger partial charge in [-0.3, -0.25) is 9.48 Å². The van der Waals surface area contributed by atoms with Gasteiger partial charge in [-0.15, -0.1) is 0 Å². The van der Waals surface area contributed by atoms with Gasteiger partial charge in [-0.05, 0) is 39.2 Å². The molecule has 1 saturated heterocycles. The second-order valence-corrected chi connectivity index (χ2v) is 7.22. The fourth-order valence-corrected chi connectivity index (χ4v) is 2.69. The first-order valence-corrected chi connectivity index (χ1v) is 8.48. The van der Waals surface area contributed by atoms with E-state index in [2.05, 4.69) is 5.10 Å². The molecule has 24 heavy (non-hydrogen) atoms. The predicted molar refractivity (Wildman–Crippen MR) is 90.5 cm³/mol. The Bertz CT molecular complexity index is 577. The minimum atomic E-state index is -0.497. The molecule has 0 aromatic carbocycles. The van der Waals surface area contributed by atoms with E-state index in [4.69, 9.17) is 4.74 Å². The molecule has 0 spiro atoms. The van der Waals surface area contributed by atoms with Crippen LogP contribution in [-0.4, -0.2) is 63.4 Å². The molecule has 1 fully saturated rings. The van der Waals surface area contributed by atoms with Crippen molar-refractivity contribution in [2.24, 2.45) is 7.05 Å². The maximum Gasteiger partial charge on any atom is 0.410 e. The molecule has 2 amide bonds. The topological polar surface area (TPSA) is 67.7 Å². The quantitative estimate of drug-likeness (QED) is 0.844. The number of carbonyl (C=O) groups is 2. The maximum absolute atomic E-state index is 12.4. The van der Waals surface area contributed by atoms with E-state index in [1.807, 2.05) is 38.9 Å². The Balaban J connectivity index is 1.81. The van der Waals surface area contributed by atoms with E-state index >= 15 is 0 Å². The number of aromatic nitrogens is 2. The number of rotatable bonds is 3. The lowest BCUT2D eigenvalue weighted by Gasteiger charge is -2.26. The van der Waals surface area contributed by atoms with Crippen LogP contribution < -0.4 is 0 Å². The Morgan fingerprint density at radius 3 is 2.46 bits per heavy atom. The third kappa shape index (κ3) is 5.54. The van der Waals surface area contributed by atoms with Gasteiger partial charge in [0.15, 0.2) is 0 Å². The monoisotopic (exact) mass is 336 g/mol. The lowest BCUT2D eigenvalue weighted by molar-refractivity contribution is -0.131. The van der Waals surface area contributed by atoms with Gasteiger partial charge in [0.1, 0.15) is 5.60 Å². The van der Waals surface area contributed by atoms with Crippen molar-refractivity contribution in [2.45, 2.75) is 45.6 Å². The van der Waals surface area contributed by atoms with Gasteiger partial charge >= 0.3 is 6.09 Å². The molecule has 1 aliphatic rings. The summed E-state index contributed by atoms with van der Waals surface area (Å²) in [6.45, 7) is 7.97. The molecule has 2 heterocycles. The summed E-state index contributed by atoms with van der Waals surface area (Å²) in [5.74, 6) is 0.130. The molecule has 2 rings (SSSR count). The first kappa shape index (κ1) is 18.3. The van der Waals surface area contributed by atoms with Crippen LogP contribution in [0.4, 0.5) is 4.79 Å². The average molecular weight is 336 g/mol. The number of ether oxygens (including phenoxy) is 1. The standard InChI is InChI=1S/C17H28N4O3/c1-17(2,3)24-16(23)21-9-5-8-20(10-11-21)15(22)7-6-14-12-18-19(4)13-14/h12-13H,5-11H2,1-4H3. The summed E-state index contributed by atoms with van der Waals surface area (Å²) in [5, 5.41) is 4.11. The number of carbonyl (C=O) groups excluding carboxylic acids is 2. The van der Waals surface area contributed by atoms with Gasteiger partial charge in [-0.2, -0.15) is 5.10 Å². The molecule has 0 bridgehead atoms. The molecule has 0 atom stereocenters. The van der Waals surface area contributed by atoms with Gasteiger partial charge in [-0.1, -0.05) is 0 Å². The molecule has 7 heteroatoms. The van der Waals surface area contributed by atoms with E-state index in [0.29, 0.717) is 39.0 Å².